The van der Waals surface area contributed by atoms with Crippen LogP contribution in [0, 0.1) is 5.82 Å². The highest BCUT2D eigenvalue weighted by Gasteiger charge is 2.21. The Morgan fingerprint density at radius 1 is 1.47 bits per heavy atom. The lowest BCUT2D eigenvalue weighted by atomic mass is 10.0. The van der Waals surface area contributed by atoms with E-state index in [1.165, 1.54) is 6.07 Å². The molecule has 1 atom stereocenters. The Kier molecular flexibility index (Phi) is 3.42. The fraction of sp³-hybridized carbons (Fsp3) is 0.182. The third kappa shape index (κ3) is 2.31. The van der Waals surface area contributed by atoms with Crippen molar-refractivity contribution in [1.29, 1.82) is 0 Å². The summed E-state index contributed by atoms with van der Waals surface area (Å²) in [7, 11) is 1.78. The van der Waals surface area contributed by atoms with Crippen molar-refractivity contribution in [2.45, 2.75) is 6.04 Å². The van der Waals surface area contributed by atoms with Gasteiger partial charge in [-0.1, -0.05) is 17.7 Å². The minimum atomic E-state index is -0.565. The Bertz CT molecular complexity index is 506. The van der Waals surface area contributed by atoms with Crippen LogP contribution in [0.2, 0.25) is 5.02 Å². The van der Waals surface area contributed by atoms with Gasteiger partial charge in [0.25, 0.3) is 0 Å². The van der Waals surface area contributed by atoms with E-state index in [0.29, 0.717) is 16.3 Å². The van der Waals surface area contributed by atoms with Gasteiger partial charge < -0.3 is 0 Å². The van der Waals surface area contributed by atoms with Gasteiger partial charge in [-0.15, -0.1) is 0 Å². The molecule has 0 aliphatic rings. The molecule has 0 aliphatic heterocycles. The Morgan fingerprint density at radius 3 is 2.76 bits per heavy atom. The topological polar surface area (TPSA) is 55.9 Å². The highest BCUT2D eigenvalue weighted by Crippen LogP contribution is 2.29. The van der Waals surface area contributed by atoms with E-state index in [9.17, 15) is 4.39 Å². The second kappa shape index (κ2) is 4.83. The van der Waals surface area contributed by atoms with Crippen molar-refractivity contribution < 1.29 is 4.39 Å². The van der Waals surface area contributed by atoms with Gasteiger partial charge in [0, 0.05) is 23.8 Å². The number of hydrogen-bond donors (Lipinski definition) is 2. The van der Waals surface area contributed by atoms with Crippen molar-refractivity contribution in [1.82, 2.24) is 15.2 Å². The van der Waals surface area contributed by atoms with E-state index in [0.717, 1.165) is 0 Å². The van der Waals surface area contributed by atoms with Crippen LogP contribution in [-0.2, 0) is 7.05 Å². The molecule has 1 aromatic heterocycles. The van der Waals surface area contributed by atoms with E-state index in [1.807, 2.05) is 0 Å². The third-order valence-corrected chi connectivity index (χ3v) is 2.81. The van der Waals surface area contributed by atoms with Gasteiger partial charge in [-0.3, -0.25) is 10.5 Å². The number of rotatable bonds is 3. The van der Waals surface area contributed by atoms with Gasteiger partial charge >= 0.3 is 0 Å². The zero-order valence-electron chi connectivity index (χ0n) is 9.19. The molecule has 0 saturated carbocycles. The molecule has 2 aromatic rings. The fourth-order valence-corrected chi connectivity index (χ4v) is 1.96. The Morgan fingerprint density at radius 2 is 2.24 bits per heavy atom. The van der Waals surface area contributed by atoms with Crippen LogP contribution in [0.3, 0.4) is 0 Å². The maximum absolute atomic E-state index is 13.8. The molecule has 2 rings (SSSR count). The van der Waals surface area contributed by atoms with Crippen LogP contribution in [-0.4, -0.2) is 9.78 Å². The largest absolute Gasteiger partial charge is 0.275 e. The quantitative estimate of drug-likeness (QED) is 0.648. The van der Waals surface area contributed by atoms with Gasteiger partial charge in [0.2, 0.25) is 0 Å². The minimum absolute atomic E-state index is 0.301. The molecule has 17 heavy (non-hydrogen) atoms. The smallest absolute Gasteiger partial charge is 0.129 e. The predicted molar refractivity (Wildman–Crippen MR) is 63.8 cm³/mol. The predicted octanol–water partition coefficient (Wildman–Crippen LogP) is 1.77. The van der Waals surface area contributed by atoms with E-state index in [-0.39, 0.29) is 0 Å². The molecule has 0 saturated heterocycles. The van der Waals surface area contributed by atoms with Crippen LogP contribution < -0.4 is 11.3 Å². The summed E-state index contributed by atoms with van der Waals surface area (Å²) < 4.78 is 15.4. The molecule has 1 aromatic carbocycles. The van der Waals surface area contributed by atoms with Crippen molar-refractivity contribution in [2.24, 2.45) is 12.9 Å². The molecule has 0 aliphatic carbocycles. The lowest BCUT2D eigenvalue weighted by molar-refractivity contribution is 0.547. The van der Waals surface area contributed by atoms with Crippen LogP contribution in [0.25, 0.3) is 0 Å². The molecule has 0 fully saturated rings. The number of nitrogens with two attached hydrogens (primary N) is 1. The second-order valence-corrected chi connectivity index (χ2v) is 4.06. The van der Waals surface area contributed by atoms with Gasteiger partial charge in [-0.05, 0) is 18.2 Å². The number of benzene rings is 1. The fourth-order valence-electron chi connectivity index (χ4n) is 1.69. The van der Waals surface area contributed by atoms with E-state index in [1.54, 1.807) is 36.1 Å². The second-order valence-electron chi connectivity index (χ2n) is 3.65. The summed E-state index contributed by atoms with van der Waals surface area (Å²) in [4.78, 5) is 0. The summed E-state index contributed by atoms with van der Waals surface area (Å²) in [5, 5.41) is 4.51. The number of halogens is 2. The minimum Gasteiger partial charge on any atom is -0.275 e. The van der Waals surface area contributed by atoms with E-state index >= 15 is 0 Å². The molecule has 0 radical (unpaired) electrons. The summed E-state index contributed by atoms with van der Waals surface area (Å²) in [6.45, 7) is 0. The normalized spacial score (nSPS) is 12.7. The molecule has 0 bridgehead atoms. The molecule has 4 nitrogen and oxygen atoms in total. The van der Waals surface area contributed by atoms with Crippen LogP contribution in [0.1, 0.15) is 17.3 Å². The lowest BCUT2D eigenvalue weighted by Crippen LogP contribution is -2.30. The SMILES string of the molecule is Cn1ccc(C(NN)c2c(F)cccc2Cl)n1. The molecule has 1 heterocycles. The molecule has 1 unspecified atom stereocenters. The zero-order valence-corrected chi connectivity index (χ0v) is 9.95. The Balaban J connectivity index is 2.49. The highest BCUT2D eigenvalue weighted by atomic mass is 35.5. The first-order valence-electron chi connectivity index (χ1n) is 5.03. The van der Waals surface area contributed by atoms with Crippen LogP contribution in [0.4, 0.5) is 4.39 Å². The maximum atomic E-state index is 13.8. The van der Waals surface area contributed by atoms with Crippen LogP contribution in [0.15, 0.2) is 30.5 Å². The number of aromatic nitrogens is 2. The summed E-state index contributed by atoms with van der Waals surface area (Å²) in [5.74, 6) is 5.05. The Labute approximate surface area is 103 Å². The molecular weight excluding hydrogens is 243 g/mol. The van der Waals surface area contributed by atoms with Crippen molar-refractivity contribution in [3.8, 4) is 0 Å². The summed E-state index contributed by atoms with van der Waals surface area (Å²) in [6, 6.07) is 5.70. The van der Waals surface area contributed by atoms with Crippen LogP contribution >= 0.6 is 11.6 Å². The van der Waals surface area contributed by atoms with Gasteiger partial charge in [-0.2, -0.15) is 5.10 Å². The molecule has 90 valence electrons. The van der Waals surface area contributed by atoms with Crippen molar-refractivity contribution in [3.63, 3.8) is 0 Å². The van der Waals surface area contributed by atoms with Gasteiger partial charge in [-0.25, -0.2) is 9.82 Å². The van der Waals surface area contributed by atoms with E-state index in [2.05, 4.69) is 10.5 Å². The number of nitrogens with one attached hydrogen (secondary N) is 1. The first-order valence-corrected chi connectivity index (χ1v) is 5.41. The van der Waals surface area contributed by atoms with E-state index < -0.39 is 11.9 Å². The molecule has 0 spiro atoms. The van der Waals surface area contributed by atoms with Crippen molar-refractivity contribution in [2.75, 3.05) is 0 Å². The molecule has 0 amide bonds. The number of hydrogen-bond acceptors (Lipinski definition) is 3. The average Bonchev–Trinajstić information content (AvgIpc) is 2.70. The average molecular weight is 255 g/mol. The lowest BCUT2D eigenvalue weighted by Gasteiger charge is -2.16. The van der Waals surface area contributed by atoms with Crippen molar-refractivity contribution >= 4 is 11.6 Å². The van der Waals surface area contributed by atoms with Crippen LogP contribution in [0.5, 0.6) is 0 Å². The third-order valence-electron chi connectivity index (χ3n) is 2.49. The monoisotopic (exact) mass is 254 g/mol. The van der Waals surface area contributed by atoms with Gasteiger partial charge in [0.1, 0.15) is 5.82 Å². The summed E-state index contributed by atoms with van der Waals surface area (Å²) in [6.07, 6.45) is 1.76. The first-order chi connectivity index (χ1) is 8.13. The number of nitrogens with zero attached hydrogens (tertiary/aromatic N) is 2. The number of aryl methyl sites for hydroxylation is 1. The van der Waals surface area contributed by atoms with E-state index in [4.69, 9.17) is 17.4 Å². The van der Waals surface area contributed by atoms with Gasteiger partial charge in [0.05, 0.1) is 11.7 Å². The molecule has 3 N–H and O–H groups in total. The standard InChI is InChI=1S/C11H12ClFN4/c1-17-6-5-9(16-17)11(15-14)10-7(12)3-2-4-8(10)13/h2-6,11,15H,14H2,1H3. The first kappa shape index (κ1) is 12.0. The zero-order chi connectivity index (χ0) is 12.4. The maximum Gasteiger partial charge on any atom is 0.129 e. The summed E-state index contributed by atoms with van der Waals surface area (Å²) in [5.41, 5.74) is 3.44. The molecule has 6 heteroatoms. The number of hydrazine groups is 1. The van der Waals surface area contributed by atoms with Crippen molar-refractivity contribution in [3.05, 3.63) is 52.6 Å². The highest BCUT2D eigenvalue weighted by molar-refractivity contribution is 6.31. The van der Waals surface area contributed by atoms with Gasteiger partial charge in [0.15, 0.2) is 0 Å². The Hall–Kier alpha value is -1.43. The molecular formula is C11H12ClFN4. The summed E-state index contributed by atoms with van der Waals surface area (Å²) >= 11 is 5.99.